The Hall–Kier alpha value is -2.15. The molecule has 0 aliphatic carbocycles. The summed E-state index contributed by atoms with van der Waals surface area (Å²) in [5.74, 6) is -3.72. The molecular weight excluding hydrogens is 248 g/mol. The van der Waals surface area contributed by atoms with E-state index in [2.05, 4.69) is 35.8 Å². The first kappa shape index (κ1) is 14.8. The smallest absolute Gasteiger partial charge is 0.371 e. The largest absolute Gasteiger partial charge is 0.475 e. The van der Waals surface area contributed by atoms with Crippen LogP contribution in [0.4, 0.5) is 0 Å². The van der Waals surface area contributed by atoms with Gasteiger partial charge in [0.15, 0.2) is 10.2 Å². The van der Waals surface area contributed by atoms with Crippen molar-refractivity contribution in [3.05, 3.63) is 48.0 Å². The van der Waals surface area contributed by atoms with Gasteiger partial charge in [0.25, 0.3) is 0 Å². The summed E-state index contributed by atoms with van der Waals surface area (Å²) in [5.41, 5.74) is 0. The molecule has 0 rings (SSSR count). The molecule has 0 unspecified atom stereocenters. The van der Waals surface area contributed by atoms with Gasteiger partial charge < -0.3 is 19.7 Å². The van der Waals surface area contributed by atoms with Gasteiger partial charge in [-0.3, -0.25) is 0 Å². The van der Waals surface area contributed by atoms with Crippen molar-refractivity contribution in [1.82, 2.24) is 0 Å². The number of thioether (sulfide) groups is 1. The molecule has 0 bridgehead atoms. The topological polar surface area (TPSA) is 93.1 Å². The quantitative estimate of drug-likeness (QED) is 0.507. The molecule has 0 atom stereocenters. The van der Waals surface area contributed by atoms with E-state index in [-0.39, 0.29) is 10.2 Å². The number of carbonyl (C=O) groups is 2. The van der Waals surface area contributed by atoms with Gasteiger partial charge in [0, 0.05) is 0 Å². The third-order valence-electron chi connectivity index (χ3n) is 1.18. The van der Waals surface area contributed by atoms with Gasteiger partial charge in [-0.15, -0.1) is 0 Å². The zero-order valence-corrected chi connectivity index (χ0v) is 9.58. The maximum absolute atomic E-state index is 10.4. The molecule has 0 aromatic carbocycles. The van der Waals surface area contributed by atoms with Crippen LogP contribution in [-0.4, -0.2) is 22.2 Å². The maximum Gasteiger partial charge on any atom is 0.371 e. The molecule has 0 aromatic heterocycles. The van der Waals surface area contributed by atoms with E-state index in [9.17, 15) is 9.59 Å². The van der Waals surface area contributed by atoms with Crippen molar-refractivity contribution in [2.75, 3.05) is 0 Å². The van der Waals surface area contributed by atoms with Gasteiger partial charge in [0.2, 0.25) is 11.5 Å². The minimum Gasteiger partial charge on any atom is -0.475 e. The van der Waals surface area contributed by atoms with Crippen LogP contribution in [0, 0.1) is 0 Å². The Bertz CT molecular complexity index is 371. The first-order valence-corrected chi connectivity index (χ1v) is 4.81. The van der Waals surface area contributed by atoms with E-state index in [1.54, 1.807) is 0 Å². The normalized spacial score (nSPS) is 8.94. The van der Waals surface area contributed by atoms with Crippen molar-refractivity contribution in [1.29, 1.82) is 0 Å². The Balaban J connectivity index is 4.18. The van der Waals surface area contributed by atoms with Crippen molar-refractivity contribution < 1.29 is 29.3 Å². The highest BCUT2D eigenvalue weighted by molar-refractivity contribution is 8.06. The van der Waals surface area contributed by atoms with Gasteiger partial charge >= 0.3 is 11.9 Å². The molecule has 0 aromatic rings. The summed E-state index contributed by atoms with van der Waals surface area (Å²) in [7, 11) is 0. The number of hydrogen-bond donors (Lipinski definition) is 2. The lowest BCUT2D eigenvalue weighted by molar-refractivity contribution is -0.136. The molecule has 17 heavy (non-hydrogen) atoms. The van der Waals surface area contributed by atoms with Crippen LogP contribution in [0.25, 0.3) is 0 Å². The first-order valence-electron chi connectivity index (χ1n) is 3.99. The van der Waals surface area contributed by atoms with Crippen LogP contribution in [0.3, 0.4) is 0 Å². The average Bonchev–Trinajstić information content (AvgIpc) is 2.16. The molecule has 0 saturated heterocycles. The van der Waals surface area contributed by atoms with E-state index in [1.165, 1.54) is 0 Å². The fourth-order valence-corrected chi connectivity index (χ4v) is 1.07. The summed E-state index contributed by atoms with van der Waals surface area (Å²) in [6.07, 6.45) is 0. The summed E-state index contributed by atoms with van der Waals surface area (Å²) in [6.45, 7) is 13.0. The van der Waals surface area contributed by atoms with Crippen LogP contribution in [0.15, 0.2) is 48.0 Å². The Morgan fingerprint density at radius 3 is 1.35 bits per heavy atom. The van der Waals surface area contributed by atoms with E-state index in [1.807, 2.05) is 0 Å². The fourth-order valence-electron chi connectivity index (χ4n) is 0.531. The van der Waals surface area contributed by atoms with E-state index >= 15 is 0 Å². The maximum atomic E-state index is 10.4. The van der Waals surface area contributed by atoms with Crippen molar-refractivity contribution in [2.45, 2.75) is 0 Å². The van der Waals surface area contributed by atoms with Gasteiger partial charge in [0.05, 0.1) is 0 Å². The lowest BCUT2D eigenvalue weighted by Gasteiger charge is -2.09. The highest BCUT2D eigenvalue weighted by Crippen LogP contribution is 2.27. The van der Waals surface area contributed by atoms with Crippen LogP contribution >= 0.6 is 11.8 Å². The molecule has 0 heterocycles. The molecule has 92 valence electrons. The second-order valence-electron chi connectivity index (χ2n) is 2.51. The standard InChI is InChI=1S/C10H10O6S/c1-5(9(11)12)15-7(3)17-8(4)16-6(2)10(13)14/h1-4H2,(H,11,12)(H,13,14). The van der Waals surface area contributed by atoms with E-state index in [0.717, 1.165) is 0 Å². The minimum absolute atomic E-state index is 0.0689. The summed E-state index contributed by atoms with van der Waals surface area (Å²) in [5, 5.41) is 16.8. The predicted octanol–water partition coefficient (Wildman–Crippen LogP) is 1.89. The van der Waals surface area contributed by atoms with Gasteiger partial charge in [-0.25, -0.2) is 9.59 Å². The fraction of sp³-hybridized carbons (Fsp3) is 0. The number of aliphatic carboxylic acids is 2. The Morgan fingerprint density at radius 1 is 0.824 bits per heavy atom. The third kappa shape index (κ3) is 6.10. The van der Waals surface area contributed by atoms with Crippen molar-refractivity contribution in [3.63, 3.8) is 0 Å². The van der Waals surface area contributed by atoms with Gasteiger partial charge in [-0.1, -0.05) is 0 Å². The van der Waals surface area contributed by atoms with E-state index in [0.29, 0.717) is 11.8 Å². The van der Waals surface area contributed by atoms with Crippen molar-refractivity contribution in [2.24, 2.45) is 0 Å². The zero-order chi connectivity index (χ0) is 13.6. The Kier molecular flexibility index (Phi) is 5.62. The monoisotopic (exact) mass is 258 g/mol. The Labute approximate surface area is 102 Å². The lowest BCUT2D eigenvalue weighted by atomic mass is 10.6. The van der Waals surface area contributed by atoms with E-state index in [4.69, 9.17) is 10.2 Å². The van der Waals surface area contributed by atoms with Crippen molar-refractivity contribution in [3.8, 4) is 0 Å². The molecule has 0 saturated carbocycles. The minimum atomic E-state index is -1.34. The number of carboxylic acids is 2. The summed E-state index contributed by atoms with van der Waals surface area (Å²) in [6, 6.07) is 0. The second kappa shape index (κ2) is 6.44. The Morgan fingerprint density at radius 2 is 1.12 bits per heavy atom. The van der Waals surface area contributed by atoms with Crippen LogP contribution in [0.2, 0.25) is 0 Å². The summed E-state index contributed by atoms with van der Waals surface area (Å²) < 4.78 is 9.36. The highest BCUT2D eigenvalue weighted by atomic mass is 32.2. The molecular formula is C10H10O6S. The molecule has 0 amide bonds. The molecule has 0 aliphatic rings. The highest BCUT2D eigenvalue weighted by Gasteiger charge is 2.12. The van der Waals surface area contributed by atoms with Gasteiger partial charge in [0.1, 0.15) is 0 Å². The van der Waals surface area contributed by atoms with Crippen LogP contribution in [-0.2, 0) is 19.1 Å². The molecule has 7 heteroatoms. The SMILES string of the molecule is C=C(OC(=C)C(=O)O)SC(=C)OC(=C)C(=O)O. The molecule has 0 fully saturated rings. The van der Waals surface area contributed by atoms with Crippen LogP contribution in [0.5, 0.6) is 0 Å². The van der Waals surface area contributed by atoms with E-state index < -0.39 is 23.5 Å². The van der Waals surface area contributed by atoms with Gasteiger partial charge in [-0.05, 0) is 38.1 Å². The predicted molar refractivity (Wildman–Crippen MR) is 61.6 cm³/mol. The molecule has 0 spiro atoms. The molecule has 2 N–H and O–H groups in total. The molecule has 0 radical (unpaired) electrons. The number of ether oxygens (including phenoxy) is 2. The lowest BCUT2D eigenvalue weighted by Crippen LogP contribution is -2.03. The zero-order valence-electron chi connectivity index (χ0n) is 8.76. The third-order valence-corrected chi connectivity index (χ3v) is 1.80. The number of rotatable bonds is 8. The van der Waals surface area contributed by atoms with Gasteiger partial charge in [-0.2, -0.15) is 0 Å². The van der Waals surface area contributed by atoms with Crippen LogP contribution < -0.4 is 0 Å². The second-order valence-corrected chi connectivity index (χ2v) is 3.62. The molecule has 0 aliphatic heterocycles. The summed E-state index contributed by atoms with van der Waals surface area (Å²) >= 11 is 0.709. The number of hydrogen-bond acceptors (Lipinski definition) is 5. The summed E-state index contributed by atoms with van der Waals surface area (Å²) in [4.78, 5) is 20.7. The van der Waals surface area contributed by atoms with Crippen molar-refractivity contribution >= 4 is 23.7 Å². The van der Waals surface area contributed by atoms with Crippen LogP contribution in [0.1, 0.15) is 0 Å². The average molecular weight is 258 g/mol. The first-order chi connectivity index (χ1) is 7.73. The molecule has 6 nitrogen and oxygen atoms in total. The number of carboxylic acid groups (broad SMARTS) is 2.